The van der Waals surface area contributed by atoms with Crippen LogP contribution >= 0.6 is 23.8 Å². The molecule has 0 saturated carbocycles. The molecule has 9 heteroatoms. The van der Waals surface area contributed by atoms with Gasteiger partial charge in [0, 0.05) is 41.3 Å². The van der Waals surface area contributed by atoms with E-state index < -0.39 is 0 Å². The van der Waals surface area contributed by atoms with Crippen LogP contribution < -0.4 is 10.6 Å². The van der Waals surface area contributed by atoms with Crippen LogP contribution in [0.3, 0.4) is 0 Å². The molecule has 7 nitrogen and oxygen atoms in total. The quantitative estimate of drug-likeness (QED) is 0.220. The third-order valence-corrected chi connectivity index (χ3v) is 8.00. The Kier molecular flexibility index (Phi) is 7.83. The van der Waals surface area contributed by atoms with Crippen molar-refractivity contribution in [2.24, 2.45) is 0 Å². The predicted octanol–water partition coefficient (Wildman–Crippen LogP) is 6.47. The van der Waals surface area contributed by atoms with Crippen molar-refractivity contribution in [3.8, 4) is 11.4 Å². The lowest BCUT2D eigenvalue weighted by atomic mass is 9.96. The van der Waals surface area contributed by atoms with E-state index in [1.54, 1.807) is 24.4 Å². The Balaban J connectivity index is 1.49. The second kappa shape index (κ2) is 11.3. The molecule has 2 unspecified atom stereocenters. The van der Waals surface area contributed by atoms with Crippen LogP contribution in [-0.4, -0.2) is 37.1 Å². The summed E-state index contributed by atoms with van der Waals surface area (Å²) in [7, 11) is 0. The summed E-state index contributed by atoms with van der Waals surface area (Å²) < 4.78 is 2.00. The largest absolute Gasteiger partial charge is 0.506 e. The number of pyridine rings is 1. The van der Waals surface area contributed by atoms with Crippen LogP contribution in [0.25, 0.3) is 5.69 Å². The summed E-state index contributed by atoms with van der Waals surface area (Å²) in [6.45, 7) is 8.42. The number of hydrogen-bond donors (Lipinski definition) is 3. The Hall–Kier alpha value is -3.88. The Bertz CT molecular complexity index is 1590. The number of phenolic OH excluding ortho intramolecular Hbond substituents is 1. The van der Waals surface area contributed by atoms with Crippen LogP contribution in [0.4, 0.5) is 5.69 Å². The molecule has 2 atom stereocenters. The molecule has 1 aliphatic rings. The molecular weight excluding hydrogens is 542 g/mol. The number of rotatable bonds is 7. The Labute approximate surface area is 244 Å². The fourth-order valence-corrected chi connectivity index (χ4v) is 5.92. The van der Waals surface area contributed by atoms with Gasteiger partial charge < -0.3 is 25.2 Å². The van der Waals surface area contributed by atoms with Crippen molar-refractivity contribution in [2.45, 2.75) is 46.2 Å². The van der Waals surface area contributed by atoms with Crippen LogP contribution in [0, 0.1) is 27.7 Å². The van der Waals surface area contributed by atoms with Crippen LogP contribution in [0.2, 0.25) is 5.02 Å². The maximum atomic E-state index is 13.1. The molecule has 3 N–H and O–H groups in total. The van der Waals surface area contributed by atoms with Crippen molar-refractivity contribution < 1.29 is 9.90 Å². The average molecular weight is 574 g/mol. The van der Waals surface area contributed by atoms with Gasteiger partial charge in [0.25, 0.3) is 0 Å². The highest BCUT2D eigenvalue weighted by atomic mass is 35.5. The molecule has 0 radical (unpaired) electrons. The molecule has 1 amide bonds. The van der Waals surface area contributed by atoms with Crippen LogP contribution in [0.15, 0.2) is 66.9 Å². The van der Waals surface area contributed by atoms with Crippen LogP contribution in [0.5, 0.6) is 5.75 Å². The van der Waals surface area contributed by atoms with Crippen molar-refractivity contribution in [1.29, 1.82) is 0 Å². The molecule has 2 aromatic carbocycles. The molecule has 1 saturated heterocycles. The lowest BCUT2D eigenvalue weighted by Gasteiger charge is -2.28. The third-order valence-electron chi connectivity index (χ3n) is 7.41. The first kappa shape index (κ1) is 27.7. The summed E-state index contributed by atoms with van der Waals surface area (Å²) in [6, 6.07) is 18.5. The molecule has 0 aliphatic carbocycles. The number of carbonyl (C=O) groups excluding carboxylic acids is 1. The first-order valence-corrected chi connectivity index (χ1v) is 14.0. The fourth-order valence-electron chi connectivity index (χ4n) is 5.42. The number of benzene rings is 2. The van der Waals surface area contributed by atoms with Gasteiger partial charge in [-0.15, -0.1) is 0 Å². The summed E-state index contributed by atoms with van der Waals surface area (Å²) in [4.78, 5) is 19.8. The van der Waals surface area contributed by atoms with Gasteiger partial charge in [-0.1, -0.05) is 29.8 Å². The van der Waals surface area contributed by atoms with Crippen molar-refractivity contribution in [1.82, 2.24) is 19.8 Å². The minimum absolute atomic E-state index is 0.0779. The van der Waals surface area contributed by atoms with E-state index in [4.69, 9.17) is 23.8 Å². The summed E-state index contributed by atoms with van der Waals surface area (Å²) >= 11 is 12.1. The van der Waals surface area contributed by atoms with Gasteiger partial charge in [-0.05, 0) is 99.1 Å². The van der Waals surface area contributed by atoms with E-state index in [0.717, 1.165) is 39.5 Å². The molecule has 4 aromatic rings. The molecule has 5 rings (SSSR count). The monoisotopic (exact) mass is 573 g/mol. The molecule has 40 heavy (non-hydrogen) atoms. The summed E-state index contributed by atoms with van der Waals surface area (Å²) in [6.07, 6.45) is 2.03. The van der Waals surface area contributed by atoms with Gasteiger partial charge >= 0.3 is 0 Å². The summed E-state index contributed by atoms with van der Waals surface area (Å²) in [5.41, 5.74) is 7.29. The Morgan fingerprint density at radius 2 is 1.90 bits per heavy atom. The minimum atomic E-state index is -0.225. The second-order valence-corrected chi connectivity index (χ2v) is 11.1. The zero-order valence-electron chi connectivity index (χ0n) is 22.9. The van der Waals surface area contributed by atoms with Gasteiger partial charge in [-0.25, -0.2) is 0 Å². The molecule has 0 spiro atoms. The molecule has 206 valence electrons. The first-order valence-electron chi connectivity index (χ1n) is 13.2. The second-order valence-electron chi connectivity index (χ2n) is 10.2. The molecule has 3 heterocycles. The summed E-state index contributed by atoms with van der Waals surface area (Å²) in [5, 5.41) is 18.3. The highest BCUT2D eigenvalue weighted by Gasteiger charge is 2.41. The molecule has 1 fully saturated rings. The van der Waals surface area contributed by atoms with E-state index in [2.05, 4.69) is 26.6 Å². The van der Waals surface area contributed by atoms with Gasteiger partial charge in [0.1, 0.15) is 5.75 Å². The van der Waals surface area contributed by atoms with E-state index in [9.17, 15) is 9.90 Å². The zero-order chi connectivity index (χ0) is 28.6. The summed E-state index contributed by atoms with van der Waals surface area (Å²) in [5.74, 6) is 0.0601. The molecule has 2 aromatic heterocycles. The number of anilines is 1. The van der Waals surface area contributed by atoms with Gasteiger partial charge in [-0.3, -0.25) is 9.78 Å². The fraction of sp³-hybridized carbons (Fsp3) is 0.258. The molecule has 0 bridgehead atoms. The Morgan fingerprint density at radius 1 is 1.10 bits per heavy atom. The minimum Gasteiger partial charge on any atom is -0.506 e. The number of aromatic hydroxyl groups is 1. The third kappa shape index (κ3) is 5.42. The van der Waals surface area contributed by atoms with Crippen LogP contribution in [0.1, 0.15) is 52.3 Å². The van der Waals surface area contributed by atoms with Gasteiger partial charge in [0.05, 0.1) is 23.5 Å². The number of halogens is 1. The van der Waals surface area contributed by atoms with Crippen molar-refractivity contribution in [2.75, 3.05) is 11.9 Å². The number of phenols is 1. The SMILES string of the molecule is Cc1ccc(C)c(NC(=O)CCN2C(=S)NC(c3ccccn3)C2c2cc(C)n(-c3cc(Cl)ccc3O)c2C)c1. The highest BCUT2D eigenvalue weighted by Crippen LogP contribution is 2.42. The van der Waals surface area contributed by atoms with Gasteiger partial charge in [0.2, 0.25) is 5.91 Å². The van der Waals surface area contributed by atoms with E-state index >= 15 is 0 Å². The first-order chi connectivity index (χ1) is 19.1. The van der Waals surface area contributed by atoms with Crippen molar-refractivity contribution in [3.05, 3.63) is 106 Å². The maximum Gasteiger partial charge on any atom is 0.226 e. The van der Waals surface area contributed by atoms with Gasteiger partial charge in [-0.2, -0.15) is 0 Å². The lowest BCUT2D eigenvalue weighted by Crippen LogP contribution is -2.33. The number of hydrogen-bond acceptors (Lipinski definition) is 4. The maximum absolute atomic E-state index is 13.1. The number of amides is 1. The normalized spacial score (nSPS) is 16.7. The van der Waals surface area contributed by atoms with Gasteiger partial charge in [0.15, 0.2) is 5.11 Å². The van der Waals surface area contributed by atoms with E-state index in [0.29, 0.717) is 22.4 Å². The average Bonchev–Trinajstić information content (AvgIpc) is 3.41. The highest BCUT2D eigenvalue weighted by molar-refractivity contribution is 7.80. The number of carbonyl (C=O) groups is 1. The Morgan fingerprint density at radius 3 is 2.65 bits per heavy atom. The molecule has 1 aliphatic heterocycles. The number of nitrogens with one attached hydrogen (secondary N) is 2. The van der Waals surface area contributed by atoms with Crippen molar-refractivity contribution >= 4 is 40.5 Å². The number of nitrogens with zero attached hydrogens (tertiary/aromatic N) is 3. The lowest BCUT2D eigenvalue weighted by molar-refractivity contribution is -0.116. The van der Waals surface area contributed by atoms with E-state index in [1.807, 2.05) is 68.7 Å². The molecular formula is C31H32ClN5O2S. The standard InChI is InChI=1S/C31H32ClN5O2S/c1-18-8-9-19(2)25(15-18)34-28(39)12-14-36-30(29(35-31(36)40)24-7-5-6-13-33-24)23-16-20(3)37(21(23)4)26-17-22(32)10-11-27(26)38/h5-11,13,15-17,29-30,38H,12,14H2,1-4H3,(H,34,39)(H,35,40). The number of aryl methyl sites for hydroxylation is 3. The predicted molar refractivity (Wildman–Crippen MR) is 163 cm³/mol. The topological polar surface area (TPSA) is 82.4 Å². The zero-order valence-corrected chi connectivity index (χ0v) is 24.5. The van der Waals surface area contributed by atoms with Crippen molar-refractivity contribution in [3.63, 3.8) is 0 Å². The van der Waals surface area contributed by atoms with Crippen LogP contribution in [-0.2, 0) is 4.79 Å². The van der Waals surface area contributed by atoms with E-state index in [-0.39, 0.29) is 30.2 Å². The van der Waals surface area contributed by atoms with E-state index in [1.165, 1.54) is 0 Å². The number of aromatic nitrogens is 2. The smallest absolute Gasteiger partial charge is 0.226 e. The number of thiocarbonyl (C=S) groups is 1.